The maximum absolute atomic E-state index is 12.3. The zero-order valence-electron chi connectivity index (χ0n) is 11.3. The fourth-order valence-electron chi connectivity index (χ4n) is 1.96. The number of carbonyl (C=O) groups excluding carboxylic acids is 1. The van der Waals surface area contributed by atoms with Crippen molar-refractivity contribution in [1.29, 1.82) is 0 Å². The molecule has 0 saturated carbocycles. The number of aliphatic carboxylic acids is 1. The van der Waals surface area contributed by atoms with Crippen molar-refractivity contribution in [3.8, 4) is 0 Å². The molecule has 0 radical (unpaired) electrons. The summed E-state index contributed by atoms with van der Waals surface area (Å²) in [5, 5.41) is 12.0. The van der Waals surface area contributed by atoms with Crippen molar-refractivity contribution in [1.82, 2.24) is 0 Å². The van der Waals surface area contributed by atoms with Crippen molar-refractivity contribution in [2.45, 2.75) is 12.1 Å². The highest BCUT2D eigenvalue weighted by Gasteiger charge is 2.31. The molecule has 0 heterocycles. The number of para-hydroxylation sites is 1. The van der Waals surface area contributed by atoms with Crippen LogP contribution in [0.3, 0.4) is 0 Å². The Labute approximate surface area is 122 Å². The molecule has 4 N–H and O–H groups in total. The summed E-state index contributed by atoms with van der Waals surface area (Å²) in [6, 6.07) is 15.0. The summed E-state index contributed by atoms with van der Waals surface area (Å²) in [5.74, 6) is -1.84. The van der Waals surface area contributed by atoms with Crippen LogP contribution in [-0.4, -0.2) is 22.9 Å². The summed E-state index contributed by atoms with van der Waals surface area (Å²) in [6.45, 7) is 0. The van der Waals surface area contributed by atoms with Gasteiger partial charge in [-0.25, -0.2) is 4.79 Å². The van der Waals surface area contributed by atoms with Gasteiger partial charge in [0.25, 0.3) is 0 Å². The van der Waals surface area contributed by atoms with E-state index in [4.69, 9.17) is 5.73 Å². The Morgan fingerprint density at radius 3 is 2.00 bits per heavy atom. The zero-order valence-corrected chi connectivity index (χ0v) is 11.3. The maximum atomic E-state index is 12.3. The number of rotatable bonds is 6. The monoisotopic (exact) mass is 284 g/mol. The fraction of sp³-hybridized carbons (Fsp3) is 0.125. The van der Waals surface area contributed by atoms with Crippen molar-refractivity contribution < 1.29 is 14.7 Å². The number of nitrogens with two attached hydrogens (primary N) is 1. The summed E-state index contributed by atoms with van der Waals surface area (Å²) >= 11 is 0. The molecule has 2 aromatic rings. The summed E-state index contributed by atoms with van der Waals surface area (Å²) < 4.78 is 0. The second kappa shape index (κ2) is 6.67. The van der Waals surface area contributed by atoms with Gasteiger partial charge in [0.15, 0.2) is 11.8 Å². The lowest BCUT2D eigenvalue weighted by atomic mass is 9.98. The van der Waals surface area contributed by atoms with Crippen molar-refractivity contribution in [3.63, 3.8) is 0 Å². The van der Waals surface area contributed by atoms with E-state index >= 15 is 0 Å². The lowest BCUT2D eigenvalue weighted by Crippen LogP contribution is -2.42. The van der Waals surface area contributed by atoms with Crippen LogP contribution in [0.25, 0.3) is 0 Å². The molecule has 1 unspecified atom stereocenters. The molecule has 21 heavy (non-hydrogen) atoms. The van der Waals surface area contributed by atoms with Gasteiger partial charge < -0.3 is 16.2 Å². The molecule has 0 aliphatic heterocycles. The van der Waals surface area contributed by atoms with Gasteiger partial charge in [0.2, 0.25) is 0 Å². The predicted molar refractivity (Wildman–Crippen MR) is 79.9 cm³/mol. The first kappa shape index (κ1) is 14.7. The molecule has 5 heteroatoms. The quantitative estimate of drug-likeness (QED) is 0.704. The minimum atomic E-state index is -1.39. The highest BCUT2D eigenvalue weighted by molar-refractivity contribution is 6.07. The van der Waals surface area contributed by atoms with Crippen LogP contribution < -0.4 is 11.1 Å². The molecule has 5 nitrogen and oxygen atoms in total. The lowest BCUT2D eigenvalue weighted by Gasteiger charge is -2.19. The Bertz CT molecular complexity index is 614. The van der Waals surface area contributed by atoms with Gasteiger partial charge in [0.1, 0.15) is 0 Å². The Balaban J connectivity index is 2.18. The number of anilines is 1. The molecular formula is C16H16N2O3. The first-order chi connectivity index (χ1) is 10.1. The van der Waals surface area contributed by atoms with Crippen LogP contribution in [0.4, 0.5) is 5.69 Å². The van der Waals surface area contributed by atoms with Crippen LogP contribution in [0.15, 0.2) is 60.7 Å². The second-order valence-corrected chi connectivity index (χ2v) is 4.57. The molecule has 0 fully saturated rings. The van der Waals surface area contributed by atoms with E-state index in [1.54, 1.807) is 60.7 Å². The minimum absolute atomic E-state index is 0.554. The molecule has 2 rings (SSSR count). The van der Waals surface area contributed by atoms with Crippen molar-refractivity contribution in [3.05, 3.63) is 66.2 Å². The summed E-state index contributed by atoms with van der Waals surface area (Å²) in [4.78, 5) is 23.7. The molecule has 108 valence electrons. The minimum Gasteiger partial charge on any atom is -0.479 e. The Kier molecular flexibility index (Phi) is 4.68. The number of hydrogen-bond donors (Lipinski definition) is 3. The van der Waals surface area contributed by atoms with Gasteiger partial charge in [-0.05, 0) is 17.7 Å². The predicted octanol–water partition coefficient (Wildman–Crippen LogP) is 1.82. The van der Waals surface area contributed by atoms with Crippen LogP contribution >= 0.6 is 0 Å². The normalized spacial score (nSPS) is 13.2. The Morgan fingerprint density at radius 1 is 0.952 bits per heavy atom. The number of Topliss-reactive ketones (excluding diaryl/α,β-unsaturated/α-hetero) is 1. The summed E-state index contributed by atoms with van der Waals surface area (Å²) in [6.07, 6.45) is 0. The van der Waals surface area contributed by atoms with Gasteiger partial charge in [-0.15, -0.1) is 0 Å². The number of hydrogen-bond acceptors (Lipinski definition) is 4. The number of nitrogens with one attached hydrogen (secondary N) is 1. The topological polar surface area (TPSA) is 92.4 Å². The van der Waals surface area contributed by atoms with Crippen molar-refractivity contribution in [2.24, 2.45) is 5.73 Å². The third-order valence-electron chi connectivity index (χ3n) is 3.08. The first-order valence-electron chi connectivity index (χ1n) is 6.48. The van der Waals surface area contributed by atoms with Crippen molar-refractivity contribution in [2.75, 3.05) is 5.32 Å². The molecule has 0 amide bonds. The zero-order chi connectivity index (χ0) is 15.2. The van der Waals surface area contributed by atoms with Crippen LogP contribution in [-0.2, 0) is 9.59 Å². The van der Waals surface area contributed by atoms with Gasteiger partial charge >= 0.3 is 5.97 Å². The average Bonchev–Trinajstić information content (AvgIpc) is 2.53. The van der Waals surface area contributed by atoms with E-state index in [0.717, 1.165) is 0 Å². The Hall–Kier alpha value is -2.66. The van der Waals surface area contributed by atoms with Crippen LogP contribution in [0.2, 0.25) is 0 Å². The third kappa shape index (κ3) is 3.67. The molecule has 0 aromatic heterocycles. The number of carbonyl (C=O) groups is 2. The smallest absolute Gasteiger partial charge is 0.334 e. The molecule has 2 aromatic carbocycles. The van der Waals surface area contributed by atoms with Gasteiger partial charge in [-0.3, -0.25) is 4.79 Å². The molecular weight excluding hydrogens is 268 g/mol. The van der Waals surface area contributed by atoms with Gasteiger partial charge in [0, 0.05) is 5.69 Å². The van der Waals surface area contributed by atoms with E-state index in [9.17, 15) is 14.7 Å². The van der Waals surface area contributed by atoms with Crippen LogP contribution in [0, 0.1) is 0 Å². The largest absolute Gasteiger partial charge is 0.479 e. The maximum Gasteiger partial charge on any atom is 0.334 e. The van der Waals surface area contributed by atoms with E-state index < -0.39 is 23.8 Å². The highest BCUT2D eigenvalue weighted by atomic mass is 16.4. The lowest BCUT2D eigenvalue weighted by molar-refractivity contribution is -0.141. The van der Waals surface area contributed by atoms with E-state index in [1.165, 1.54) is 0 Å². The third-order valence-corrected chi connectivity index (χ3v) is 3.08. The number of carboxylic acid groups (broad SMARTS) is 1. The average molecular weight is 284 g/mol. The highest BCUT2D eigenvalue weighted by Crippen LogP contribution is 2.15. The van der Waals surface area contributed by atoms with E-state index in [-0.39, 0.29) is 0 Å². The molecule has 0 aliphatic rings. The molecule has 0 bridgehead atoms. The standard InChI is InChI=1S/C16H16N2O3/c17-13(11-7-3-1-4-8-11)15(19)14(16(20)21)18-12-9-5-2-6-10-12/h1-10,13-14,18H,17H2,(H,20,21)/t13?,14-/m0/s1. The van der Waals surface area contributed by atoms with E-state index in [0.29, 0.717) is 11.3 Å². The SMILES string of the molecule is NC(C(=O)[C@H](Nc1ccccc1)C(=O)O)c1ccccc1. The number of carboxylic acids is 1. The molecule has 2 atom stereocenters. The van der Waals surface area contributed by atoms with Gasteiger partial charge in [-0.1, -0.05) is 48.5 Å². The van der Waals surface area contributed by atoms with E-state index in [1.807, 2.05) is 0 Å². The number of benzene rings is 2. The fourth-order valence-corrected chi connectivity index (χ4v) is 1.96. The first-order valence-corrected chi connectivity index (χ1v) is 6.48. The number of ketones is 1. The summed E-state index contributed by atoms with van der Waals surface area (Å²) in [5.41, 5.74) is 7.02. The van der Waals surface area contributed by atoms with Crippen molar-refractivity contribution >= 4 is 17.4 Å². The summed E-state index contributed by atoms with van der Waals surface area (Å²) in [7, 11) is 0. The van der Waals surface area contributed by atoms with Gasteiger partial charge in [-0.2, -0.15) is 0 Å². The van der Waals surface area contributed by atoms with Crippen LogP contribution in [0.1, 0.15) is 11.6 Å². The molecule has 0 saturated heterocycles. The second-order valence-electron chi connectivity index (χ2n) is 4.57. The van der Waals surface area contributed by atoms with Crippen LogP contribution in [0.5, 0.6) is 0 Å². The molecule has 0 aliphatic carbocycles. The van der Waals surface area contributed by atoms with Gasteiger partial charge in [0.05, 0.1) is 6.04 Å². The van der Waals surface area contributed by atoms with E-state index in [2.05, 4.69) is 5.32 Å². The Morgan fingerprint density at radius 2 is 1.48 bits per heavy atom. The molecule has 0 spiro atoms.